The molecule has 3 rings (SSSR count). The fraction of sp³-hybridized carbons (Fsp3) is 0.375. The van der Waals surface area contributed by atoms with Crippen LogP contribution in [0.15, 0.2) is 70.2 Å². The first-order chi connectivity index (χ1) is 14.5. The van der Waals surface area contributed by atoms with Crippen molar-refractivity contribution in [3.63, 3.8) is 0 Å². The van der Waals surface area contributed by atoms with E-state index in [0.29, 0.717) is 24.2 Å². The normalized spacial score (nSPS) is 11.8. The molecule has 1 aromatic heterocycles. The van der Waals surface area contributed by atoms with Gasteiger partial charge in [0.05, 0.1) is 6.54 Å². The summed E-state index contributed by atoms with van der Waals surface area (Å²) in [6.07, 6.45) is 0.950. The largest absolute Gasteiger partial charge is 0.356 e. The van der Waals surface area contributed by atoms with Crippen molar-refractivity contribution in [3.05, 3.63) is 83.5 Å². The first-order valence-corrected chi connectivity index (χ1v) is 10.3. The van der Waals surface area contributed by atoms with E-state index in [-0.39, 0.29) is 29.4 Å². The molecule has 2 aromatic carbocycles. The van der Waals surface area contributed by atoms with Gasteiger partial charge in [-0.1, -0.05) is 86.6 Å². The standard InChI is InChI=1S/C24H31N5O.HI/c1-24(2,3)22-28-21(29-30-22)17-27-23(25-4)26-16-15-20(18-11-7-5-8-12-18)19-13-9-6-10-14-19;/h5-14,20H,15-17H2,1-4H3,(H2,25,26,27);1H. The Bertz CT molecular complexity index is 896. The fourth-order valence-electron chi connectivity index (χ4n) is 3.25. The zero-order valence-electron chi connectivity index (χ0n) is 18.6. The maximum absolute atomic E-state index is 5.34. The number of nitrogens with zero attached hydrogens (tertiary/aromatic N) is 3. The monoisotopic (exact) mass is 533 g/mol. The Kier molecular flexibility index (Phi) is 9.48. The quantitative estimate of drug-likeness (QED) is 0.258. The highest BCUT2D eigenvalue weighted by Crippen LogP contribution is 2.27. The molecule has 0 aliphatic carbocycles. The molecule has 166 valence electrons. The summed E-state index contributed by atoms with van der Waals surface area (Å²) < 4.78 is 5.34. The van der Waals surface area contributed by atoms with E-state index in [1.165, 1.54) is 11.1 Å². The minimum Gasteiger partial charge on any atom is -0.356 e. The first kappa shape index (κ1) is 24.8. The van der Waals surface area contributed by atoms with Crippen molar-refractivity contribution in [2.75, 3.05) is 13.6 Å². The molecule has 1 heterocycles. The SMILES string of the molecule is CN=C(NCCC(c1ccccc1)c1ccccc1)NCc1noc(C(C)(C)C)n1.I. The Morgan fingerprint density at radius 1 is 0.968 bits per heavy atom. The number of aliphatic imine (C=N–C) groups is 1. The predicted octanol–water partition coefficient (Wildman–Crippen LogP) is 4.87. The molecule has 0 aliphatic heterocycles. The molecule has 7 heteroatoms. The van der Waals surface area contributed by atoms with Crippen LogP contribution in [-0.4, -0.2) is 29.7 Å². The van der Waals surface area contributed by atoms with Gasteiger partial charge in [0.2, 0.25) is 5.89 Å². The van der Waals surface area contributed by atoms with Crippen molar-refractivity contribution < 1.29 is 4.52 Å². The van der Waals surface area contributed by atoms with E-state index >= 15 is 0 Å². The van der Waals surface area contributed by atoms with Crippen LogP contribution in [0.3, 0.4) is 0 Å². The Morgan fingerprint density at radius 2 is 1.55 bits per heavy atom. The van der Waals surface area contributed by atoms with Crippen LogP contribution in [0.2, 0.25) is 0 Å². The molecule has 0 radical (unpaired) electrons. The van der Waals surface area contributed by atoms with Gasteiger partial charge in [-0.2, -0.15) is 4.98 Å². The summed E-state index contributed by atoms with van der Waals surface area (Å²) in [5.41, 5.74) is 2.47. The smallest absolute Gasteiger partial charge is 0.232 e. The molecule has 0 spiro atoms. The van der Waals surface area contributed by atoms with Gasteiger partial charge in [0.15, 0.2) is 11.8 Å². The number of aromatic nitrogens is 2. The molecule has 0 saturated carbocycles. The molecule has 3 aromatic rings. The molecule has 0 amide bonds. The second kappa shape index (κ2) is 11.8. The zero-order chi connectivity index (χ0) is 21.4. The summed E-state index contributed by atoms with van der Waals surface area (Å²) >= 11 is 0. The van der Waals surface area contributed by atoms with E-state index in [0.717, 1.165) is 18.9 Å². The van der Waals surface area contributed by atoms with Gasteiger partial charge < -0.3 is 15.2 Å². The van der Waals surface area contributed by atoms with Gasteiger partial charge in [-0.15, -0.1) is 24.0 Å². The molecular weight excluding hydrogens is 501 g/mol. The average Bonchev–Trinajstić information content (AvgIpc) is 3.24. The molecule has 0 aliphatic rings. The third kappa shape index (κ3) is 7.34. The first-order valence-electron chi connectivity index (χ1n) is 10.3. The highest BCUT2D eigenvalue weighted by atomic mass is 127. The summed E-state index contributed by atoms with van der Waals surface area (Å²) in [5.74, 6) is 2.30. The highest BCUT2D eigenvalue weighted by Gasteiger charge is 2.21. The van der Waals surface area contributed by atoms with Gasteiger partial charge in [0.25, 0.3) is 0 Å². The van der Waals surface area contributed by atoms with Crippen molar-refractivity contribution >= 4 is 29.9 Å². The summed E-state index contributed by atoms with van der Waals surface area (Å²) in [4.78, 5) is 8.76. The molecule has 31 heavy (non-hydrogen) atoms. The number of guanidine groups is 1. The summed E-state index contributed by atoms with van der Waals surface area (Å²) in [6.45, 7) is 7.39. The second-order valence-corrected chi connectivity index (χ2v) is 8.28. The van der Waals surface area contributed by atoms with Gasteiger partial charge in [-0.05, 0) is 17.5 Å². The Labute approximate surface area is 202 Å². The summed E-state index contributed by atoms with van der Waals surface area (Å²) in [5, 5.41) is 10.7. The predicted molar refractivity (Wildman–Crippen MR) is 136 cm³/mol. The molecular formula is C24H32IN5O. The number of rotatable bonds is 7. The van der Waals surface area contributed by atoms with E-state index in [4.69, 9.17) is 4.52 Å². The summed E-state index contributed by atoms with van der Waals surface area (Å²) in [6, 6.07) is 21.2. The topological polar surface area (TPSA) is 75.3 Å². The van der Waals surface area contributed by atoms with Crippen molar-refractivity contribution in [3.8, 4) is 0 Å². The van der Waals surface area contributed by atoms with Crippen LogP contribution in [0.1, 0.15) is 56.0 Å². The lowest BCUT2D eigenvalue weighted by atomic mass is 9.88. The van der Waals surface area contributed by atoms with Crippen LogP contribution in [0.25, 0.3) is 0 Å². The van der Waals surface area contributed by atoms with Gasteiger partial charge >= 0.3 is 0 Å². The van der Waals surface area contributed by atoms with E-state index < -0.39 is 0 Å². The summed E-state index contributed by atoms with van der Waals surface area (Å²) in [7, 11) is 1.76. The van der Waals surface area contributed by atoms with Crippen LogP contribution >= 0.6 is 24.0 Å². The van der Waals surface area contributed by atoms with Gasteiger partial charge in [-0.25, -0.2) is 0 Å². The maximum Gasteiger partial charge on any atom is 0.232 e. The van der Waals surface area contributed by atoms with Crippen molar-refractivity contribution in [1.29, 1.82) is 0 Å². The highest BCUT2D eigenvalue weighted by molar-refractivity contribution is 14.0. The number of nitrogens with one attached hydrogen (secondary N) is 2. The van der Waals surface area contributed by atoms with Gasteiger partial charge in [-0.3, -0.25) is 4.99 Å². The van der Waals surface area contributed by atoms with Crippen molar-refractivity contribution in [1.82, 2.24) is 20.8 Å². The molecule has 0 atom stereocenters. The second-order valence-electron chi connectivity index (χ2n) is 8.28. The lowest BCUT2D eigenvalue weighted by molar-refractivity contribution is 0.318. The number of benzene rings is 2. The van der Waals surface area contributed by atoms with Crippen LogP contribution in [-0.2, 0) is 12.0 Å². The average molecular weight is 533 g/mol. The van der Waals surface area contributed by atoms with E-state index in [1.807, 2.05) is 20.8 Å². The molecule has 6 nitrogen and oxygen atoms in total. The van der Waals surface area contributed by atoms with Crippen LogP contribution in [0, 0.1) is 0 Å². The minimum atomic E-state index is -0.158. The molecule has 0 saturated heterocycles. The maximum atomic E-state index is 5.34. The van der Waals surface area contributed by atoms with E-state index in [1.54, 1.807) is 7.05 Å². The molecule has 2 N–H and O–H groups in total. The van der Waals surface area contributed by atoms with E-state index in [9.17, 15) is 0 Å². The van der Waals surface area contributed by atoms with E-state index in [2.05, 4.69) is 86.4 Å². The van der Waals surface area contributed by atoms with Crippen molar-refractivity contribution in [2.24, 2.45) is 4.99 Å². The van der Waals surface area contributed by atoms with Gasteiger partial charge in [0.1, 0.15) is 0 Å². The molecule has 0 unspecified atom stereocenters. The van der Waals surface area contributed by atoms with Gasteiger partial charge in [0, 0.05) is 24.9 Å². The lowest BCUT2D eigenvalue weighted by Crippen LogP contribution is -2.38. The third-order valence-electron chi connectivity index (χ3n) is 4.88. The lowest BCUT2D eigenvalue weighted by Gasteiger charge is -2.19. The van der Waals surface area contributed by atoms with Crippen LogP contribution in [0.5, 0.6) is 0 Å². The van der Waals surface area contributed by atoms with Crippen LogP contribution < -0.4 is 10.6 Å². The third-order valence-corrected chi connectivity index (χ3v) is 4.88. The minimum absolute atomic E-state index is 0. The fourth-order valence-corrected chi connectivity index (χ4v) is 3.25. The Morgan fingerprint density at radius 3 is 2.03 bits per heavy atom. The number of halogens is 1. The number of hydrogen-bond acceptors (Lipinski definition) is 4. The Balaban J connectivity index is 0.00000341. The molecule has 0 fully saturated rings. The zero-order valence-corrected chi connectivity index (χ0v) is 21.0. The van der Waals surface area contributed by atoms with Crippen LogP contribution in [0.4, 0.5) is 0 Å². The molecule has 0 bridgehead atoms. The Hall–Kier alpha value is -2.42. The number of hydrogen-bond donors (Lipinski definition) is 2. The van der Waals surface area contributed by atoms with Crippen molar-refractivity contribution in [2.45, 2.75) is 45.1 Å².